The van der Waals surface area contributed by atoms with Crippen molar-refractivity contribution in [2.45, 2.75) is 58.7 Å². The van der Waals surface area contributed by atoms with Gasteiger partial charge in [-0.15, -0.1) is 0 Å². The second-order valence-corrected chi connectivity index (χ2v) is 6.84. The highest BCUT2D eigenvalue weighted by molar-refractivity contribution is 6.30. The summed E-state index contributed by atoms with van der Waals surface area (Å²) in [6.07, 6.45) is 3.74. The number of piperazine rings is 1. The molecule has 1 fully saturated rings. The third-order valence-corrected chi connectivity index (χ3v) is 4.99. The van der Waals surface area contributed by atoms with E-state index < -0.39 is 0 Å². The van der Waals surface area contributed by atoms with Crippen molar-refractivity contribution in [2.75, 3.05) is 13.1 Å². The van der Waals surface area contributed by atoms with Gasteiger partial charge in [-0.1, -0.05) is 57.3 Å². The van der Waals surface area contributed by atoms with Crippen LogP contribution in [0.25, 0.3) is 0 Å². The Bertz CT molecular complexity index is 435. The highest BCUT2D eigenvalue weighted by Gasteiger charge is 2.30. The number of rotatable bonds is 6. The molecule has 0 aliphatic carbocycles. The summed E-state index contributed by atoms with van der Waals surface area (Å²) < 4.78 is 0. The molecule has 1 aliphatic heterocycles. The molecule has 1 saturated heterocycles. The maximum atomic E-state index is 6.14. The minimum absolute atomic E-state index is 0.627. The van der Waals surface area contributed by atoms with E-state index in [4.69, 9.17) is 11.6 Å². The van der Waals surface area contributed by atoms with Gasteiger partial charge >= 0.3 is 0 Å². The molecule has 0 radical (unpaired) electrons. The molecule has 3 atom stereocenters. The molecule has 2 nitrogen and oxygen atoms in total. The van der Waals surface area contributed by atoms with Gasteiger partial charge in [0.25, 0.3) is 0 Å². The summed E-state index contributed by atoms with van der Waals surface area (Å²) in [5.41, 5.74) is 1.33. The molecule has 1 aromatic carbocycles. The average molecular weight is 309 g/mol. The Hall–Kier alpha value is -0.570. The van der Waals surface area contributed by atoms with E-state index in [1.54, 1.807) is 0 Å². The van der Waals surface area contributed by atoms with Crippen LogP contribution in [0.15, 0.2) is 24.3 Å². The van der Waals surface area contributed by atoms with Crippen molar-refractivity contribution in [1.82, 2.24) is 10.2 Å². The van der Waals surface area contributed by atoms with Crippen LogP contribution >= 0.6 is 11.6 Å². The first-order chi connectivity index (χ1) is 10.1. The van der Waals surface area contributed by atoms with E-state index >= 15 is 0 Å². The first kappa shape index (κ1) is 16.8. The molecule has 0 aromatic heterocycles. The van der Waals surface area contributed by atoms with Gasteiger partial charge in [0.05, 0.1) is 0 Å². The van der Waals surface area contributed by atoms with E-state index in [-0.39, 0.29) is 0 Å². The summed E-state index contributed by atoms with van der Waals surface area (Å²) in [6, 6.07) is 9.57. The van der Waals surface area contributed by atoms with Crippen LogP contribution in [0.3, 0.4) is 0 Å². The van der Waals surface area contributed by atoms with Crippen LogP contribution in [-0.2, 0) is 6.54 Å². The normalized spacial score (nSPS) is 25.0. The lowest BCUT2D eigenvalue weighted by Gasteiger charge is -2.43. The van der Waals surface area contributed by atoms with Crippen molar-refractivity contribution in [3.05, 3.63) is 34.9 Å². The minimum Gasteiger partial charge on any atom is -0.311 e. The topological polar surface area (TPSA) is 15.3 Å². The summed E-state index contributed by atoms with van der Waals surface area (Å²) in [7, 11) is 0. The van der Waals surface area contributed by atoms with Crippen molar-refractivity contribution < 1.29 is 0 Å². The summed E-state index contributed by atoms with van der Waals surface area (Å²) in [5.74, 6) is 0.722. The molecule has 1 heterocycles. The van der Waals surface area contributed by atoms with Crippen LogP contribution in [0.2, 0.25) is 5.02 Å². The van der Waals surface area contributed by atoms with Crippen LogP contribution in [0.5, 0.6) is 0 Å². The fourth-order valence-electron chi connectivity index (χ4n) is 3.33. The Balaban J connectivity index is 2.08. The van der Waals surface area contributed by atoms with Crippen LogP contribution in [0.4, 0.5) is 0 Å². The summed E-state index contributed by atoms with van der Waals surface area (Å²) in [6.45, 7) is 10.2. The van der Waals surface area contributed by atoms with E-state index in [1.165, 1.54) is 24.8 Å². The molecular formula is C18H29ClN2. The fraction of sp³-hybridized carbons (Fsp3) is 0.667. The van der Waals surface area contributed by atoms with Crippen molar-refractivity contribution in [3.63, 3.8) is 0 Å². The Labute approximate surface area is 134 Å². The number of hydrogen-bond donors (Lipinski definition) is 1. The first-order valence-corrected chi connectivity index (χ1v) is 8.73. The first-order valence-electron chi connectivity index (χ1n) is 8.35. The van der Waals surface area contributed by atoms with Gasteiger partial charge in [0, 0.05) is 36.7 Å². The van der Waals surface area contributed by atoms with Gasteiger partial charge in [-0.25, -0.2) is 0 Å². The van der Waals surface area contributed by atoms with Crippen LogP contribution in [0, 0.1) is 5.92 Å². The van der Waals surface area contributed by atoms with Crippen molar-refractivity contribution in [1.29, 1.82) is 0 Å². The monoisotopic (exact) mass is 308 g/mol. The van der Waals surface area contributed by atoms with E-state index in [9.17, 15) is 0 Å². The maximum Gasteiger partial charge on any atom is 0.0409 e. The third kappa shape index (κ3) is 4.70. The average Bonchev–Trinajstić information content (AvgIpc) is 2.47. The highest BCUT2D eigenvalue weighted by atomic mass is 35.5. The summed E-state index contributed by atoms with van der Waals surface area (Å²) >= 11 is 6.14. The molecule has 21 heavy (non-hydrogen) atoms. The smallest absolute Gasteiger partial charge is 0.0409 e. The van der Waals surface area contributed by atoms with Crippen molar-refractivity contribution >= 4 is 11.6 Å². The van der Waals surface area contributed by atoms with Crippen LogP contribution in [-0.4, -0.2) is 30.1 Å². The molecule has 1 aromatic rings. The van der Waals surface area contributed by atoms with Gasteiger partial charge in [0.2, 0.25) is 0 Å². The lowest BCUT2D eigenvalue weighted by molar-refractivity contribution is 0.0818. The summed E-state index contributed by atoms with van der Waals surface area (Å²) in [5, 5.41) is 4.59. The summed E-state index contributed by atoms with van der Waals surface area (Å²) in [4.78, 5) is 2.66. The molecule has 0 amide bonds. The SMILES string of the molecule is CCCC1CN(Cc2cccc(Cl)c2)C(C(C)CC)CN1. The predicted molar refractivity (Wildman–Crippen MR) is 91.8 cm³/mol. The Kier molecular flexibility index (Phi) is 6.53. The zero-order valence-electron chi connectivity index (χ0n) is 13.6. The Morgan fingerprint density at radius 1 is 1.38 bits per heavy atom. The van der Waals surface area contributed by atoms with Gasteiger partial charge in [-0.05, 0) is 30.0 Å². The zero-order chi connectivity index (χ0) is 15.2. The number of nitrogens with one attached hydrogen (secondary N) is 1. The van der Waals surface area contributed by atoms with Gasteiger partial charge in [-0.2, -0.15) is 0 Å². The number of halogens is 1. The second kappa shape index (κ2) is 8.17. The molecule has 0 saturated carbocycles. The van der Waals surface area contributed by atoms with E-state index in [1.807, 2.05) is 6.07 Å². The maximum absolute atomic E-state index is 6.14. The molecule has 3 heteroatoms. The zero-order valence-corrected chi connectivity index (χ0v) is 14.4. The highest BCUT2D eigenvalue weighted by Crippen LogP contribution is 2.22. The van der Waals surface area contributed by atoms with Crippen molar-refractivity contribution in [3.8, 4) is 0 Å². The molecular weight excluding hydrogens is 280 g/mol. The van der Waals surface area contributed by atoms with Gasteiger partial charge in [0.15, 0.2) is 0 Å². The largest absolute Gasteiger partial charge is 0.311 e. The molecule has 0 spiro atoms. The predicted octanol–water partition coefficient (Wildman–Crippen LogP) is 4.33. The number of nitrogens with zero attached hydrogens (tertiary/aromatic N) is 1. The Morgan fingerprint density at radius 3 is 2.86 bits per heavy atom. The van der Waals surface area contributed by atoms with Crippen LogP contribution < -0.4 is 5.32 Å². The second-order valence-electron chi connectivity index (χ2n) is 6.41. The van der Waals surface area contributed by atoms with Gasteiger partial charge in [-0.3, -0.25) is 4.90 Å². The number of benzene rings is 1. The lowest BCUT2D eigenvalue weighted by atomic mass is 9.93. The molecule has 118 valence electrons. The standard InChI is InChI=1S/C18H29ClN2/c1-4-7-17-13-21(18(11-20-17)14(3)5-2)12-15-8-6-9-16(19)10-15/h6,8-10,14,17-18,20H,4-5,7,11-13H2,1-3H3. The van der Waals surface area contributed by atoms with E-state index in [2.05, 4.69) is 49.2 Å². The fourth-order valence-corrected chi connectivity index (χ4v) is 3.54. The van der Waals surface area contributed by atoms with Gasteiger partial charge in [0.1, 0.15) is 0 Å². The third-order valence-electron chi connectivity index (χ3n) is 4.75. The van der Waals surface area contributed by atoms with Crippen molar-refractivity contribution in [2.24, 2.45) is 5.92 Å². The molecule has 0 bridgehead atoms. The minimum atomic E-state index is 0.627. The quantitative estimate of drug-likeness (QED) is 0.841. The van der Waals surface area contributed by atoms with E-state index in [0.717, 1.165) is 30.6 Å². The molecule has 1 N–H and O–H groups in total. The molecule has 3 unspecified atom stereocenters. The van der Waals surface area contributed by atoms with E-state index in [0.29, 0.717) is 12.1 Å². The van der Waals surface area contributed by atoms with Gasteiger partial charge < -0.3 is 5.32 Å². The molecule has 1 aliphatic rings. The lowest BCUT2D eigenvalue weighted by Crippen LogP contribution is -2.58. The Morgan fingerprint density at radius 2 is 2.19 bits per heavy atom. The number of hydrogen-bond acceptors (Lipinski definition) is 2. The molecule has 2 rings (SSSR count). The van der Waals surface area contributed by atoms with Crippen LogP contribution in [0.1, 0.15) is 45.6 Å².